The molecule has 0 radical (unpaired) electrons. The molecule has 0 aromatic rings. The van der Waals surface area contributed by atoms with E-state index in [1.165, 1.54) is 32.1 Å². The minimum Gasteiger partial charge on any atom is -0.341 e. The predicted octanol–water partition coefficient (Wildman–Crippen LogP) is 2.40. The summed E-state index contributed by atoms with van der Waals surface area (Å²) < 4.78 is 0. The molecule has 0 aromatic heterocycles. The van der Waals surface area contributed by atoms with Gasteiger partial charge in [-0.15, -0.1) is 0 Å². The maximum Gasteiger partial charge on any atom is 0.242 e. The molecule has 2 N–H and O–H groups in total. The van der Waals surface area contributed by atoms with E-state index in [0.717, 1.165) is 23.7 Å². The van der Waals surface area contributed by atoms with Crippen LogP contribution in [0.5, 0.6) is 0 Å². The Labute approximate surface area is 116 Å². The van der Waals surface area contributed by atoms with Crippen molar-refractivity contribution in [3.05, 3.63) is 0 Å². The zero-order valence-corrected chi connectivity index (χ0v) is 12.6. The van der Waals surface area contributed by atoms with E-state index in [0.29, 0.717) is 12.5 Å². The van der Waals surface area contributed by atoms with E-state index in [-0.39, 0.29) is 5.91 Å². The first-order valence-corrected chi connectivity index (χ1v) is 7.98. The average molecular weight is 264 g/mol. The number of hydrogen-bond donors (Lipinski definition) is 1. The van der Waals surface area contributed by atoms with Gasteiger partial charge in [0.25, 0.3) is 0 Å². The second-order valence-corrected chi connectivity index (χ2v) is 7.61. The molecule has 1 atom stereocenters. The van der Waals surface area contributed by atoms with Crippen LogP contribution < -0.4 is 5.73 Å². The van der Waals surface area contributed by atoms with Gasteiger partial charge in [-0.3, -0.25) is 4.79 Å². The van der Waals surface area contributed by atoms with Crippen LogP contribution in [0.4, 0.5) is 0 Å². The summed E-state index contributed by atoms with van der Waals surface area (Å²) in [6, 6.07) is 0.467. The van der Waals surface area contributed by atoms with Gasteiger partial charge in [0.15, 0.2) is 0 Å². The highest BCUT2D eigenvalue weighted by Gasteiger charge is 2.51. The summed E-state index contributed by atoms with van der Waals surface area (Å²) in [4.78, 5) is 14.6. The smallest absolute Gasteiger partial charge is 0.242 e. The maximum atomic E-state index is 12.6. The van der Waals surface area contributed by atoms with Crippen LogP contribution in [0.1, 0.15) is 52.4 Å². The van der Waals surface area contributed by atoms with Crippen LogP contribution in [-0.4, -0.2) is 29.4 Å². The van der Waals surface area contributed by atoms with Crippen molar-refractivity contribution in [3.63, 3.8) is 0 Å². The predicted molar refractivity (Wildman–Crippen MR) is 76.5 cm³/mol. The van der Waals surface area contributed by atoms with E-state index in [1.54, 1.807) is 0 Å². The fourth-order valence-electron chi connectivity index (χ4n) is 5.22. The highest BCUT2D eigenvalue weighted by atomic mass is 16.2. The van der Waals surface area contributed by atoms with E-state index < -0.39 is 5.54 Å². The van der Waals surface area contributed by atoms with Crippen molar-refractivity contribution in [1.29, 1.82) is 0 Å². The molecule has 0 spiro atoms. The van der Waals surface area contributed by atoms with Crippen LogP contribution >= 0.6 is 0 Å². The van der Waals surface area contributed by atoms with Gasteiger partial charge in [-0.1, -0.05) is 6.92 Å². The van der Waals surface area contributed by atoms with E-state index in [2.05, 4.69) is 0 Å². The Hall–Kier alpha value is -0.570. The fourth-order valence-corrected chi connectivity index (χ4v) is 5.22. The summed E-state index contributed by atoms with van der Waals surface area (Å²) in [5.74, 6) is 3.55. The number of nitrogens with zero attached hydrogens (tertiary/aromatic N) is 1. The van der Waals surface area contributed by atoms with Crippen molar-refractivity contribution >= 4 is 5.91 Å². The molecule has 4 saturated carbocycles. The van der Waals surface area contributed by atoms with E-state index in [9.17, 15) is 4.79 Å². The summed E-state index contributed by atoms with van der Waals surface area (Å²) in [6.45, 7) is 3.88. The van der Waals surface area contributed by atoms with Crippen LogP contribution in [0.25, 0.3) is 0 Å². The lowest BCUT2D eigenvalue weighted by atomic mass is 9.54. The van der Waals surface area contributed by atoms with Crippen molar-refractivity contribution in [2.45, 2.75) is 64.0 Å². The summed E-state index contributed by atoms with van der Waals surface area (Å²) in [5, 5.41) is 0. The molecule has 0 saturated heterocycles. The second-order valence-electron chi connectivity index (χ2n) is 7.61. The average Bonchev–Trinajstić information content (AvgIpc) is 2.36. The number of likely N-dealkylation sites (N-methyl/N-ethyl adjacent to an activating group) is 1. The van der Waals surface area contributed by atoms with Crippen molar-refractivity contribution in [2.24, 2.45) is 29.4 Å². The zero-order valence-electron chi connectivity index (χ0n) is 12.6. The van der Waals surface area contributed by atoms with Gasteiger partial charge in [0.1, 0.15) is 0 Å². The number of carbonyl (C=O) groups is 1. The van der Waals surface area contributed by atoms with Gasteiger partial charge in [-0.2, -0.15) is 0 Å². The molecule has 4 rings (SSSR count). The Balaban J connectivity index is 1.77. The van der Waals surface area contributed by atoms with Gasteiger partial charge < -0.3 is 10.6 Å². The SMILES string of the molecule is CCC(C)(N)C(=O)N(C)C1C2CC3CC(C2)CC1C3. The van der Waals surface area contributed by atoms with Crippen LogP contribution in [0.15, 0.2) is 0 Å². The van der Waals surface area contributed by atoms with Gasteiger partial charge >= 0.3 is 0 Å². The van der Waals surface area contributed by atoms with Crippen LogP contribution in [-0.2, 0) is 4.79 Å². The fraction of sp³-hybridized carbons (Fsp3) is 0.938. The molecule has 19 heavy (non-hydrogen) atoms. The first-order valence-electron chi connectivity index (χ1n) is 7.98. The first kappa shape index (κ1) is 13.4. The van der Waals surface area contributed by atoms with Gasteiger partial charge in [0.05, 0.1) is 5.54 Å². The summed E-state index contributed by atoms with van der Waals surface area (Å²) in [5.41, 5.74) is 5.47. The van der Waals surface area contributed by atoms with E-state index in [4.69, 9.17) is 5.73 Å². The molecule has 108 valence electrons. The quantitative estimate of drug-likeness (QED) is 0.851. The molecule has 1 amide bonds. The summed E-state index contributed by atoms with van der Waals surface area (Å²) in [7, 11) is 2.00. The molecule has 0 aliphatic heterocycles. The second kappa shape index (κ2) is 4.47. The molecule has 3 heteroatoms. The van der Waals surface area contributed by atoms with Crippen LogP contribution in [0.2, 0.25) is 0 Å². The third-order valence-electron chi connectivity index (χ3n) is 6.17. The van der Waals surface area contributed by atoms with Gasteiger partial charge in [0.2, 0.25) is 5.91 Å². The Kier molecular flexibility index (Phi) is 3.16. The van der Waals surface area contributed by atoms with Crippen LogP contribution in [0.3, 0.4) is 0 Å². The topological polar surface area (TPSA) is 46.3 Å². The number of hydrogen-bond acceptors (Lipinski definition) is 2. The molecule has 4 aliphatic rings. The zero-order chi connectivity index (χ0) is 13.8. The lowest BCUT2D eigenvalue weighted by Gasteiger charge is -2.57. The van der Waals surface area contributed by atoms with Crippen LogP contribution in [0, 0.1) is 23.7 Å². The molecule has 4 fully saturated rings. The van der Waals surface area contributed by atoms with Crippen molar-refractivity contribution < 1.29 is 4.79 Å². The highest BCUT2D eigenvalue weighted by Crippen LogP contribution is 2.55. The molecule has 4 bridgehead atoms. The molecular formula is C16H28N2O. The number of rotatable bonds is 3. The third kappa shape index (κ3) is 2.10. The molecule has 4 aliphatic carbocycles. The Bertz CT molecular complexity index is 349. The minimum atomic E-state index is -0.691. The van der Waals surface area contributed by atoms with E-state index in [1.807, 2.05) is 25.8 Å². The van der Waals surface area contributed by atoms with Gasteiger partial charge in [-0.05, 0) is 69.1 Å². The normalized spacial score (nSPS) is 43.1. The summed E-state index contributed by atoms with van der Waals surface area (Å²) in [6.07, 6.45) is 7.57. The summed E-state index contributed by atoms with van der Waals surface area (Å²) >= 11 is 0. The lowest BCUT2D eigenvalue weighted by molar-refractivity contribution is -0.146. The first-order chi connectivity index (χ1) is 8.92. The maximum absolute atomic E-state index is 12.6. The Morgan fingerprint density at radius 2 is 1.63 bits per heavy atom. The highest BCUT2D eigenvalue weighted by molar-refractivity contribution is 5.85. The molecule has 3 nitrogen and oxygen atoms in total. The Morgan fingerprint density at radius 1 is 1.16 bits per heavy atom. The molecular weight excluding hydrogens is 236 g/mol. The monoisotopic (exact) mass is 264 g/mol. The van der Waals surface area contributed by atoms with Gasteiger partial charge in [0, 0.05) is 13.1 Å². The number of nitrogens with two attached hydrogens (primary N) is 1. The number of carbonyl (C=O) groups excluding carboxylic acids is 1. The van der Waals surface area contributed by atoms with Crippen molar-refractivity contribution in [2.75, 3.05) is 7.05 Å². The molecule has 0 aromatic carbocycles. The standard InChI is InChI=1S/C16H28N2O/c1-4-16(2,17)15(19)18(3)14-12-6-10-5-11(8-12)9-13(14)7-10/h10-14H,4-9,17H2,1-3H3. The van der Waals surface area contributed by atoms with Crippen molar-refractivity contribution in [3.8, 4) is 0 Å². The minimum absolute atomic E-state index is 0.146. The van der Waals surface area contributed by atoms with Crippen molar-refractivity contribution in [1.82, 2.24) is 4.90 Å². The molecule has 0 heterocycles. The van der Waals surface area contributed by atoms with Gasteiger partial charge in [-0.25, -0.2) is 0 Å². The number of amides is 1. The third-order valence-corrected chi connectivity index (χ3v) is 6.17. The largest absolute Gasteiger partial charge is 0.341 e. The lowest BCUT2D eigenvalue weighted by Crippen LogP contribution is -2.61. The Morgan fingerprint density at radius 3 is 2.05 bits per heavy atom. The van der Waals surface area contributed by atoms with E-state index >= 15 is 0 Å². The molecule has 1 unspecified atom stereocenters.